The lowest BCUT2D eigenvalue weighted by Gasteiger charge is -2.15. The molecule has 0 aliphatic heterocycles. The molecular weight excluding hydrogens is 302 g/mol. The maximum absolute atomic E-state index is 13.5. The second-order valence-corrected chi connectivity index (χ2v) is 5.12. The zero-order chi connectivity index (χ0) is 17.0. The van der Waals surface area contributed by atoms with Gasteiger partial charge in [-0.15, -0.1) is 0 Å². The molecule has 4 nitrogen and oxygen atoms in total. The Balaban J connectivity index is 2.04. The highest BCUT2D eigenvalue weighted by molar-refractivity contribution is 6.01. The monoisotopic (exact) mass is 318 g/mol. The van der Waals surface area contributed by atoms with E-state index in [1.165, 1.54) is 43.3 Å². The molecule has 0 fully saturated rings. The number of aryl methyl sites for hydroxylation is 1. The molecule has 2 N–H and O–H groups in total. The molecule has 2 rings (SSSR count). The molecule has 2 aromatic rings. The van der Waals surface area contributed by atoms with Gasteiger partial charge < -0.3 is 10.6 Å². The van der Waals surface area contributed by atoms with Crippen LogP contribution in [0.25, 0.3) is 0 Å². The number of carbonyl (C=O) groups is 2. The van der Waals surface area contributed by atoms with Crippen molar-refractivity contribution in [3.63, 3.8) is 0 Å². The molecule has 1 atom stereocenters. The van der Waals surface area contributed by atoms with Crippen LogP contribution in [0, 0.1) is 18.6 Å². The Morgan fingerprint density at radius 1 is 1.09 bits per heavy atom. The molecule has 0 saturated heterocycles. The molecule has 0 saturated carbocycles. The predicted octanol–water partition coefficient (Wildman–Crippen LogP) is 3.03. The van der Waals surface area contributed by atoms with Crippen LogP contribution < -0.4 is 10.6 Å². The molecule has 2 amide bonds. The first-order chi connectivity index (χ1) is 10.9. The Morgan fingerprint density at radius 3 is 2.48 bits per heavy atom. The van der Waals surface area contributed by atoms with Crippen LogP contribution in [0.2, 0.25) is 0 Å². The fourth-order valence-corrected chi connectivity index (χ4v) is 1.96. The highest BCUT2D eigenvalue weighted by Gasteiger charge is 2.19. The van der Waals surface area contributed by atoms with Crippen LogP contribution in [-0.4, -0.2) is 17.9 Å². The minimum Gasteiger partial charge on any atom is -0.340 e. The van der Waals surface area contributed by atoms with Gasteiger partial charge in [-0.2, -0.15) is 0 Å². The Bertz CT molecular complexity index is 747. The summed E-state index contributed by atoms with van der Waals surface area (Å²) in [5.74, 6) is -2.36. The van der Waals surface area contributed by atoms with Crippen LogP contribution in [0.4, 0.5) is 14.5 Å². The Hall–Kier alpha value is -2.76. The van der Waals surface area contributed by atoms with Crippen LogP contribution in [0.15, 0.2) is 42.5 Å². The average molecular weight is 318 g/mol. The van der Waals surface area contributed by atoms with E-state index in [1.54, 1.807) is 6.92 Å². The maximum Gasteiger partial charge on any atom is 0.254 e. The lowest BCUT2D eigenvalue weighted by Crippen LogP contribution is -2.42. The summed E-state index contributed by atoms with van der Waals surface area (Å²) in [7, 11) is 0. The first-order valence-electron chi connectivity index (χ1n) is 7.01. The first kappa shape index (κ1) is 16.6. The number of benzene rings is 2. The van der Waals surface area contributed by atoms with Crippen LogP contribution in [0.1, 0.15) is 22.8 Å². The van der Waals surface area contributed by atoms with Gasteiger partial charge >= 0.3 is 0 Å². The van der Waals surface area contributed by atoms with Crippen molar-refractivity contribution >= 4 is 17.5 Å². The molecule has 0 radical (unpaired) electrons. The van der Waals surface area contributed by atoms with Crippen LogP contribution >= 0.6 is 0 Å². The van der Waals surface area contributed by atoms with E-state index < -0.39 is 29.5 Å². The van der Waals surface area contributed by atoms with Gasteiger partial charge in [0.15, 0.2) is 0 Å². The minimum atomic E-state index is -0.912. The lowest BCUT2D eigenvalue weighted by molar-refractivity contribution is -0.117. The van der Waals surface area contributed by atoms with E-state index in [1.807, 2.05) is 0 Å². The zero-order valence-corrected chi connectivity index (χ0v) is 12.7. The molecule has 0 unspecified atom stereocenters. The summed E-state index contributed by atoms with van der Waals surface area (Å²) >= 11 is 0. The Labute approximate surface area is 132 Å². The molecule has 0 aliphatic rings. The van der Waals surface area contributed by atoms with Gasteiger partial charge in [0.2, 0.25) is 5.91 Å². The number of hydrogen-bond donors (Lipinski definition) is 2. The van der Waals surface area contributed by atoms with Crippen molar-refractivity contribution in [2.24, 2.45) is 0 Å². The van der Waals surface area contributed by atoms with Crippen molar-refractivity contribution in [3.8, 4) is 0 Å². The number of hydrogen-bond acceptors (Lipinski definition) is 2. The van der Waals surface area contributed by atoms with Crippen molar-refractivity contribution < 1.29 is 18.4 Å². The molecule has 0 bridgehead atoms. The summed E-state index contributed by atoms with van der Waals surface area (Å²) in [6.07, 6.45) is 0. The summed E-state index contributed by atoms with van der Waals surface area (Å²) in [5, 5.41) is 4.94. The number of anilines is 1. The highest BCUT2D eigenvalue weighted by Crippen LogP contribution is 2.16. The number of amides is 2. The summed E-state index contributed by atoms with van der Waals surface area (Å²) in [4.78, 5) is 24.0. The second kappa shape index (κ2) is 7.00. The van der Waals surface area contributed by atoms with Gasteiger partial charge in [0.05, 0.1) is 5.56 Å². The Morgan fingerprint density at radius 2 is 1.78 bits per heavy atom. The number of halogens is 2. The quantitative estimate of drug-likeness (QED) is 0.910. The van der Waals surface area contributed by atoms with Gasteiger partial charge in [-0.25, -0.2) is 8.78 Å². The van der Waals surface area contributed by atoms with Gasteiger partial charge in [-0.1, -0.05) is 18.2 Å². The predicted molar refractivity (Wildman–Crippen MR) is 83.1 cm³/mol. The third-order valence-corrected chi connectivity index (χ3v) is 3.32. The summed E-state index contributed by atoms with van der Waals surface area (Å²) in [6, 6.07) is 8.58. The molecule has 0 aliphatic carbocycles. The van der Waals surface area contributed by atoms with E-state index in [0.29, 0.717) is 11.3 Å². The van der Waals surface area contributed by atoms with Gasteiger partial charge in [0, 0.05) is 5.69 Å². The lowest BCUT2D eigenvalue weighted by atomic mass is 10.1. The fourth-order valence-electron chi connectivity index (χ4n) is 1.96. The normalized spacial score (nSPS) is 11.7. The van der Waals surface area contributed by atoms with E-state index in [9.17, 15) is 18.4 Å². The summed E-state index contributed by atoms with van der Waals surface area (Å²) in [6.45, 7) is 3.18. The molecule has 0 aromatic heterocycles. The van der Waals surface area contributed by atoms with E-state index >= 15 is 0 Å². The SMILES string of the molecule is Cc1ccc(F)cc1NC(=O)[C@@H](C)NC(=O)c1ccccc1F. The molecule has 120 valence electrons. The number of nitrogens with one attached hydrogen (secondary N) is 2. The first-order valence-corrected chi connectivity index (χ1v) is 7.01. The van der Waals surface area contributed by atoms with Gasteiger partial charge in [-0.3, -0.25) is 9.59 Å². The van der Waals surface area contributed by atoms with Crippen LogP contribution in [-0.2, 0) is 4.79 Å². The second-order valence-electron chi connectivity index (χ2n) is 5.12. The fraction of sp³-hybridized carbons (Fsp3) is 0.176. The van der Waals surface area contributed by atoms with Crippen molar-refractivity contribution in [2.75, 3.05) is 5.32 Å². The average Bonchev–Trinajstić information content (AvgIpc) is 2.51. The molecule has 0 heterocycles. The number of carbonyl (C=O) groups excluding carboxylic acids is 2. The van der Waals surface area contributed by atoms with E-state index in [4.69, 9.17) is 0 Å². The van der Waals surface area contributed by atoms with Crippen molar-refractivity contribution in [3.05, 3.63) is 65.2 Å². The highest BCUT2D eigenvalue weighted by atomic mass is 19.1. The van der Waals surface area contributed by atoms with E-state index in [2.05, 4.69) is 10.6 Å². The van der Waals surface area contributed by atoms with Crippen molar-refractivity contribution in [2.45, 2.75) is 19.9 Å². The Kier molecular flexibility index (Phi) is 5.05. The van der Waals surface area contributed by atoms with E-state index in [0.717, 1.165) is 6.07 Å². The van der Waals surface area contributed by atoms with Gasteiger partial charge in [-0.05, 0) is 43.7 Å². The zero-order valence-electron chi connectivity index (χ0n) is 12.7. The van der Waals surface area contributed by atoms with Crippen molar-refractivity contribution in [1.29, 1.82) is 0 Å². The molecule has 23 heavy (non-hydrogen) atoms. The molecular formula is C17H16F2N2O2. The third-order valence-electron chi connectivity index (χ3n) is 3.32. The minimum absolute atomic E-state index is 0.144. The van der Waals surface area contributed by atoms with E-state index in [-0.39, 0.29) is 5.56 Å². The van der Waals surface area contributed by atoms with Crippen molar-refractivity contribution in [1.82, 2.24) is 5.32 Å². The van der Waals surface area contributed by atoms with Gasteiger partial charge in [0.25, 0.3) is 5.91 Å². The molecule has 2 aromatic carbocycles. The maximum atomic E-state index is 13.5. The van der Waals surface area contributed by atoms with Gasteiger partial charge in [0.1, 0.15) is 17.7 Å². The molecule has 6 heteroatoms. The summed E-state index contributed by atoms with van der Waals surface area (Å²) in [5.41, 5.74) is 0.864. The standard InChI is InChI=1S/C17H16F2N2O2/c1-10-7-8-12(18)9-15(10)21-16(22)11(2)20-17(23)13-5-3-4-6-14(13)19/h3-9,11H,1-2H3,(H,20,23)(H,21,22)/t11-/m1/s1. The van der Waals surface area contributed by atoms with Crippen LogP contribution in [0.5, 0.6) is 0 Å². The largest absolute Gasteiger partial charge is 0.340 e. The summed E-state index contributed by atoms with van der Waals surface area (Å²) < 4.78 is 26.7. The molecule has 0 spiro atoms. The third kappa shape index (κ3) is 4.12. The topological polar surface area (TPSA) is 58.2 Å². The smallest absolute Gasteiger partial charge is 0.254 e. The van der Waals surface area contributed by atoms with Crippen LogP contribution in [0.3, 0.4) is 0 Å². The number of rotatable bonds is 4.